The van der Waals surface area contributed by atoms with Gasteiger partial charge >= 0.3 is 0 Å². The second-order valence-corrected chi connectivity index (χ2v) is 10.2. The Morgan fingerprint density at radius 2 is 1.97 bits per heavy atom. The fourth-order valence-corrected chi connectivity index (χ4v) is 5.84. The second-order valence-electron chi connectivity index (χ2n) is 8.38. The number of benzene rings is 1. The number of carbonyl (C=O) groups is 2. The Morgan fingerprint density at radius 3 is 2.66 bits per heavy atom. The van der Waals surface area contributed by atoms with Gasteiger partial charge in [0.25, 0.3) is 5.56 Å². The van der Waals surface area contributed by atoms with Crippen LogP contribution in [0.4, 0.5) is 5.69 Å². The van der Waals surface area contributed by atoms with Crippen LogP contribution in [-0.4, -0.2) is 41.4 Å². The van der Waals surface area contributed by atoms with E-state index in [0.29, 0.717) is 64.8 Å². The Balaban J connectivity index is 1.49. The summed E-state index contributed by atoms with van der Waals surface area (Å²) in [7, 11) is 3.06. The first kappa shape index (κ1) is 25.1. The number of hydrogen-bond donors (Lipinski definition) is 1. The number of rotatable bonds is 9. The second kappa shape index (κ2) is 11.1. The average Bonchev–Trinajstić information content (AvgIpc) is 3.34. The number of fused-ring (bicyclic) bond motifs is 1. The van der Waals surface area contributed by atoms with Crippen molar-refractivity contribution in [1.29, 1.82) is 0 Å². The quantitative estimate of drug-likeness (QED) is 0.340. The van der Waals surface area contributed by atoms with E-state index in [1.54, 1.807) is 35.9 Å². The number of anilines is 1. The van der Waals surface area contributed by atoms with E-state index in [1.807, 2.05) is 5.38 Å². The number of thiophene rings is 1. The fourth-order valence-electron chi connectivity index (χ4n) is 4.25. The number of methoxy groups -OCH3 is 2. The van der Waals surface area contributed by atoms with Crippen LogP contribution in [-0.2, 0) is 16.1 Å². The number of amides is 1. The molecule has 3 aromatic rings. The predicted octanol–water partition coefficient (Wildman–Crippen LogP) is 2.76. The lowest BCUT2D eigenvalue weighted by Crippen LogP contribution is -2.35. The summed E-state index contributed by atoms with van der Waals surface area (Å²) in [5.74, 6) is -0.385. The van der Waals surface area contributed by atoms with Gasteiger partial charge < -0.3 is 24.7 Å². The molecule has 4 rings (SSSR count). The van der Waals surface area contributed by atoms with Crippen molar-refractivity contribution >= 4 is 50.9 Å². The predicted molar refractivity (Wildman–Crippen MR) is 133 cm³/mol. The highest BCUT2D eigenvalue weighted by Gasteiger charge is 2.24. The lowest BCUT2D eigenvalue weighted by molar-refractivity contribution is -0.312. The van der Waals surface area contributed by atoms with Crippen molar-refractivity contribution in [2.45, 2.75) is 37.4 Å². The van der Waals surface area contributed by atoms with Gasteiger partial charge in [-0.05, 0) is 61.1 Å². The summed E-state index contributed by atoms with van der Waals surface area (Å²) >= 11 is 2.54. The molecule has 1 aliphatic rings. The zero-order valence-corrected chi connectivity index (χ0v) is 21.1. The standard InChI is InChI=1S/C24H27N3O6S2/c1-32-16-7-8-17(19(11-16)33-2)25-20(28)13-35-24-26-18-9-10-34-21(18)22(29)27(24)12-14-3-5-15(6-4-14)23(30)31/h7-11,14-15H,3-6,12-13H2,1-2H3,(H,25,28)(H,30,31)/p-1. The Hall–Kier alpha value is -3.05. The van der Waals surface area contributed by atoms with Crippen LogP contribution >= 0.6 is 23.1 Å². The zero-order chi connectivity index (χ0) is 24.9. The molecule has 1 amide bonds. The number of carboxylic acid groups (broad SMARTS) is 1. The first-order chi connectivity index (χ1) is 16.9. The lowest BCUT2D eigenvalue weighted by Gasteiger charge is -2.29. The van der Waals surface area contributed by atoms with E-state index in [2.05, 4.69) is 10.3 Å². The van der Waals surface area contributed by atoms with Gasteiger partial charge in [-0.25, -0.2) is 4.98 Å². The van der Waals surface area contributed by atoms with Crippen molar-refractivity contribution in [2.75, 3.05) is 25.3 Å². The molecule has 0 saturated heterocycles. The topological polar surface area (TPSA) is 123 Å². The summed E-state index contributed by atoms with van der Waals surface area (Å²) in [4.78, 5) is 41.8. The van der Waals surface area contributed by atoms with Gasteiger partial charge in [0.05, 0.1) is 31.2 Å². The Labute approximate surface area is 210 Å². The Morgan fingerprint density at radius 1 is 1.20 bits per heavy atom. The number of nitrogens with zero attached hydrogens (tertiary/aromatic N) is 2. The van der Waals surface area contributed by atoms with Gasteiger partial charge in [0.2, 0.25) is 5.91 Å². The normalized spacial score (nSPS) is 17.8. The van der Waals surface area contributed by atoms with Crippen LogP contribution in [0.5, 0.6) is 11.5 Å². The minimum Gasteiger partial charge on any atom is -0.550 e. The smallest absolute Gasteiger partial charge is 0.272 e. The largest absolute Gasteiger partial charge is 0.550 e. The van der Waals surface area contributed by atoms with E-state index in [9.17, 15) is 19.5 Å². The first-order valence-corrected chi connectivity index (χ1v) is 13.1. The number of aliphatic carboxylic acids is 1. The molecule has 2 heterocycles. The van der Waals surface area contributed by atoms with Crippen molar-refractivity contribution in [1.82, 2.24) is 9.55 Å². The maximum Gasteiger partial charge on any atom is 0.272 e. The molecule has 35 heavy (non-hydrogen) atoms. The molecule has 186 valence electrons. The van der Waals surface area contributed by atoms with Gasteiger partial charge in [0.1, 0.15) is 16.2 Å². The summed E-state index contributed by atoms with van der Waals surface area (Å²) < 4.78 is 12.7. The van der Waals surface area contributed by atoms with Crippen LogP contribution in [0.15, 0.2) is 39.6 Å². The number of carbonyl (C=O) groups excluding carboxylic acids is 2. The van der Waals surface area contributed by atoms with Crippen LogP contribution in [0.1, 0.15) is 25.7 Å². The SMILES string of the molecule is COc1ccc(NC(=O)CSc2nc3ccsc3c(=O)n2CC2CCC(C(=O)[O-])CC2)c(OC)c1. The average molecular weight is 517 g/mol. The Bertz CT molecular complexity index is 1280. The van der Waals surface area contributed by atoms with Crippen molar-refractivity contribution in [3.05, 3.63) is 40.0 Å². The molecule has 1 aliphatic carbocycles. The minimum absolute atomic E-state index is 0.0503. The summed E-state index contributed by atoms with van der Waals surface area (Å²) in [6.07, 6.45) is 2.50. The maximum atomic E-state index is 13.2. The van der Waals surface area contributed by atoms with Crippen molar-refractivity contribution in [2.24, 2.45) is 11.8 Å². The molecular formula is C24H26N3O6S2-. The molecule has 0 aliphatic heterocycles. The van der Waals surface area contributed by atoms with E-state index in [1.165, 1.54) is 30.2 Å². The highest BCUT2D eigenvalue weighted by Crippen LogP contribution is 2.32. The van der Waals surface area contributed by atoms with E-state index < -0.39 is 11.9 Å². The number of hydrogen-bond acceptors (Lipinski definition) is 9. The van der Waals surface area contributed by atoms with E-state index in [4.69, 9.17) is 9.47 Å². The molecule has 1 aromatic carbocycles. The van der Waals surface area contributed by atoms with Crippen LogP contribution in [0.3, 0.4) is 0 Å². The van der Waals surface area contributed by atoms with Gasteiger partial charge in [-0.3, -0.25) is 14.2 Å². The number of ether oxygens (including phenoxy) is 2. The third kappa shape index (κ3) is 5.79. The molecule has 0 atom stereocenters. The molecule has 0 bridgehead atoms. The third-order valence-electron chi connectivity index (χ3n) is 6.17. The third-order valence-corrected chi connectivity index (χ3v) is 8.03. The molecule has 1 saturated carbocycles. The number of carboxylic acids is 1. The fraction of sp³-hybridized carbons (Fsp3) is 0.417. The van der Waals surface area contributed by atoms with Crippen molar-refractivity contribution in [3.8, 4) is 11.5 Å². The van der Waals surface area contributed by atoms with Crippen molar-refractivity contribution in [3.63, 3.8) is 0 Å². The molecule has 0 radical (unpaired) electrons. The monoisotopic (exact) mass is 516 g/mol. The van der Waals surface area contributed by atoms with Gasteiger partial charge in [-0.1, -0.05) is 11.8 Å². The summed E-state index contributed by atoms with van der Waals surface area (Å²) in [5.41, 5.74) is 0.991. The van der Waals surface area contributed by atoms with Crippen LogP contribution in [0.2, 0.25) is 0 Å². The highest BCUT2D eigenvalue weighted by atomic mass is 32.2. The molecule has 0 spiro atoms. The highest BCUT2D eigenvalue weighted by molar-refractivity contribution is 7.99. The molecule has 2 aromatic heterocycles. The Kier molecular flexibility index (Phi) is 7.97. The maximum absolute atomic E-state index is 13.2. The van der Waals surface area contributed by atoms with Gasteiger partial charge in [-0.2, -0.15) is 0 Å². The minimum atomic E-state index is -1.00. The molecular weight excluding hydrogens is 490 g/mol. The molecule has 1 fully saturated rings. The van der Waals surface area contributed by atoms with Crippen molar-refractivity contribution < 1.29 is 24.2 Å². The molecule has 1 N–H and O–H groups in total. The van der Waals surface area contributed by atoms with E-state index in [-0.39, 0.29) is 23.1 Å². The summed E-state index contributed by atoms with van der Waals surface area (Å²) in [6.45, 7) is 0.440. The van der Waals surface area contributed by atoms with Gasteiger partial charge in [-0.15, -0.1) is 11.3 Å². The van der Waals surface area contributed by atoms with E-state index >= 15 is 0 Å². The van der Waals surface area contributed by atoms with Crippen LogP contribution in [0, 0.1) is 11.8 Å². The number of nitrogens with one attached hydrogen (secondary N) is 1. The molecule has 9 nitrogen and oxygen atoms in total. The summed E-state index contributed by atoms with van der Waals surface area (Å²) in [6, 6.07) is 6.91. The van der Waals surface area contributed by atoms with E-state index in [0.717, 1.165) is 0 Å². The number of thioether (sulfide) groups is 1. The molecule has 0 unspecified atom stereocenters. The van der Waals surface area contributed by atoms with Gasteiger partial charge in [0.15, 0.2) is 5.16 Å². The van der Waals surface area contributed by atoms with Crippen LogP contribution < -0.4 is 25.5 Å². The molecule has 11 heteroatoms. The zero-order valence-electron chi connectivity index (χ0n) is 19.4. The summed E-state index contributed by atoms with van der Waals surface area (Å²) in [5, 5.41) is 16.3. The van der Waals surface area contributed by atoms with Crippen LogP contribution in [0.25, 0.3) is 10.2 Å². The lowest BCUT2D eigenvalue weighted by atomic mass is 9.82. The first-order valence-electron chi connectivity index (χ1n) is 11.2. The number of aromatic nitrogens is 2. The van der Waals surface area contributed by atoms with Gasteiger partial charge in [0, 0.05) is 18.6 Å².